The Morgan fingerprint density at radius 1 is 0.951 bits per heavy atom. The van der Waals surface area contributed by atoms with Crippen molar-refractivity contribution < 1.29 is 24.5 Å². The summed E-state index contributed by atoms with van der Waals surface area (Å²) in [6.07, 6.45) is 0.316. The van der Waals surface area contributed by atoms with Gasteiger partial charge < -0.3 is 34.6 Å². The molecule has 0 aliphatic carbocycles. The van der Waals surface area contributed by atoms with Gasteiger partial charge in [-0.05, 0) is 50.0 Å². The Bertz CT molecular complexity index is 1340. The van der Waals surface area contributed by atoms with Crippen LogP contribution in [0.15, 0.2) is 41.2 Å². The van der Waals surface area contributed by atoms with E-state index in [1.807, 2.05) is 6.07 Å². The molecule has 0 radical (unpaired) electrons. The summed E-state index contributed by atoms with van der Waals surface area (Å²) < 4.78 is 6.38. The largest absolute Gasteiger partial charge is 0.506 e. The number of aromatic hydroxyl groups is 1. The molecule has 0 spiro atoms. The summed E-state index contributed by atoms with van der Waals surface area (Å²) in [6.45, 7) is 10.6. The van der Waals surface area contributed by atoms with E-state index >= 15 is 0 Å². The van der Waals surface area contributed by atoms with Gasteiger partial charge in [0, 0.05) is 32.7 Å². The minimum atomic E-state index is -1.07. The summed E-state index contributed by atoms with van der Waals surface area (Å²) in [6, 6.07) is 11.5. The van der Waals surface area contributed by atoms with E-state index in [0.717, 1.165) is 36.4 Å². The Balaban J connectivity index is 1.56. The van der Waals surface area contributed by atoms with Crippen molar-refractivity contribution in [3.8, 4) is 5.75 Å². The van der Waals surface area contributed by atoms with Gasteiger partial charge in [-0.15, -0.1) is 0 Å². The van der Waals surface area contributed by atoms with Gasteiger partial charge in [-0.25, -0.2) is 4.79 Å². The molecule has 0 bridgehead atoms. The van der Waals surface area contributed by atoms with Crippen molar-refractivity contribution in [2.24, 2.45) is 0 Å². The van der Waals surface area contributed by atoms with E-state index in [2.05, 4.69) is 48.9 Å². The first-order chi connectivity index (χ1) is 19.7. The number of fused-ring (bicyclic) bond motifs is 1. The Kier molecular flexibility index (Phi) is 12.6. The Hall–Kier alpha value is -3.41. The number of carbonyl (C=O) groups excluding carboxylic acids is 1. The van der Waals surface area contributed by atoms with Gasteiger partial charge in [-0.2, -0.15) is 0 Å². The smallest absolute Gasteiger partial charge is 0.407 e. The summed E-state index contributed by atoms with van der Waals surface area (Å²) in [4.78, 5) is 44.6. The number of aromatic nitrogens is 1. The van der Waals surface area contributed by atoms with E-state index < -0.39 is 6.09 Å². The minimum absolute atomic E-state index is 0.0151. The lowest BCUT2D eigenvalue weighted by Gasteiger charge is -2.29. The van der Waals surface area contributed by atoms with Gasteiger partial charge in [0.2, 0.25) is 5.91 Å². The zero-order valence-electron chi connectivity index (χ0n) is 24.2. The third kappa shape index (κ3) is 9.87. The quantitative estimate of drug-likeness (QED) is 0.205. The van der Waals surface area contributed by atoms with Gasteiger partial charge in [0.25, 0.3) is 0 Å². The van der Waals surface area contributed by atoms with Crippen molar-refractivity contribution in [1.29, 1.82) is 0 Å². The van der Waals surface area contributed by atoms with E-state index in [1.54, 1.807) is 11.0 Å². The third-order valence-corrected chi connectivity index (χ3v) is 8.17. The molecule has 10 nitrogen and oxygen atoms in total. The summed E-state index contributed by atoms with van der Waals surface area (Å²) >= 11 is 0.992. The molecule has 0 aliphatic heterocycles. The summed E-state index contributed by atoms with van der Waals surface area (Å²) in [5.74, 6) is -0.0749. The lowest BCUT2D eigenvalue weighted by Crippen LogP contribution is -2.44. The minimum Gasteiger partial charge on any atom is -0.506 e. The lowest BCUT2D eigenvalue weighted by atomic mass is 10.1. The fraction of sp³-hybridized carbons (Fsp3) is 0.500. The van der Waals surface area contributed by atoms with Crippen LogP contribution in [-0.2, 0) is 22.4 Å². The highest BCUT2D eigenvalue weighted by Crippen LogP contribution is 2.28. The van der Waals surface area contributed by atoms with Crippen LogP contribution in [-0.4, -0.2) is 101 Å². The molecule has 224 valence electrons. The van der Waals surface area contributed by atoms with Crippen LogP contribution in [0.25, 0.3) is 10.2 Å². The number of thiazole rings is 1. The topological polar surface area (TPSA) is 126 Å². The number of benzene rings is 2. The van der Waals surface area contributed by atoms with E-state index in [1.165, 1.54) is 22.1 Å². The normalized spacial score (nSPS) is 11.3. The lowest BCUT2D eigenvalue weighted by molar-refractivity contribution is -0.132. The van der Waals surface area contributed by atoms with Crippen LogP contribution in [0.2, 0.25) is 0 Å². The average molecular weight is 587 g/mol. The first-order valence-electron chi connectivity index (χ1n) is 14.2. The number of nitrogens with zero attached hydrogens (tertiary/aromatic N) is 3. The summed E-state index contributed by atoms with van der Waals surface area (Å²) in [5.41, 5.74) is 3.55. The molecular weight excluding hydrogens is 544 g/mol. The second-order valence-electron chi connectivity index (χ2n) is 9.99. The van der Waals surface area contributed by atoms with Crippen molar-refractivity contribution in [1.82, 2.24) is 19.7 Å². The molecule has 0 atom stereocenters. The first-order valence-corrected chi connectivity index (χ1v) is 15.0. The molecule has 0 unspecified atom stereocenters. The van der Waals surface area contributed by atoms with Gasteiger partial charge >= 0.3 is 11.0 Å². The molecule has 1 heterocycles. The molecule has 3 N–H and O–H groups in total. The molecule has 1 aromatic heterocycles. The molecule has 3 rings (SSSR count). The number of hydrogen-bond donors (Lipinski definition) is 3. The molecular formula is C30H42N4O6S. The number of nitrogens with one attached hydrogen (secondary N) is 1. The summed E-state index contributed by atoms with van der Waals surface area (Å²) in [5, 5.41) is 19.9. The predicted octanol–water partition coefficient (Wildman–Crippen LogP) is 3.95. The van der Waals surface area contributed by atoms with Crippen LogP contribution in [0, 0.1) is 6.92 Å². The van der Waals surface area contributed by atoms with Gasteiger partial charge in [0.15, 0.2) is 0 Å². The maximum absolute atomic E-state index is 13.2. The molecule has 2 aromatic carbocycles. The maximum Gasteiger partial charge on any atom is 0.407 e. The zero-order chi connectivity index (χ0) is 29.8. The van der Waals surface area contributed by atoms with Crippen molar-refractivity contribution in [2.45, 2.75) is 40.0 Å². The number of H-pyrrole nitrogens is 1. The van der Waals surface area contributed by atoms with Crippen molar-refractivity contribution in [3.05, 3.63) is 62.8 Å². The molecule has 11 heteroatoms. The number of phenolic OH excluding ortho intramolecular Hbond substituents is 1. The molecule has 41 heavy (non-hydrogen) atoms. The standard InChI is InChI=1S/C30H42N4O6S/c1-4-32(5-2)15-16-33(26(36)13-20-40-19-12-23-8-6-7-22(3)21-23)17-18-34(30(38)39)14-11-24-9-10-25(35)27-28(24)41-29(37)31-27/h6-10,21,35H,4-5,11-20H2,1-3H3,(H,31,37)(H,38,39). The van der Waals surface area contributed by atoms with E-state index in [9.17, 15) is 24.6 Å². The number of carboxylic acid groups (broad SMARTS) is 1. The number of ether oxygens (including phenoxy) is 1. The second-order valence-corrected chi connectivity index (χ2v) is 11.0. The van der Waals surface area contributed by atoms with Gasteiger partial charge in [-0.3, -0.25) is 9.59 Å². The van der Waals surface area contributed by atoms with Crippen LogP contribution in [0.5, 0.6) is 5.75 Å². The first kappa shape index (κ1) is 32.1. The highest BCUT2D eigenvalue weighted by Gasteiger charge is 2.19. The van der Waals surface area contributed by atoms with Crippen molar-refractivity contribution >= 4 is 33.6 Å². The summed E-state index contributed by atoms with van der Waals surface area (Å²) in [7, 11) is 0. The zero-order valence-corrected chi connectivity index (χ0v) is 25.0. The van der Waals surface area contributed by atoms with Gasteiger partial charge in [0.05, 0.1) is 24.3 Å². The molecule has 0 saturated heterocycles. The predicted molar refractivity (Wildman–Crippen MR) is 162 cm³/mol. The number of rotatable bonds is 17. The fourth-order valence-corrected chi connectivity index (χ4v) is 5.61. The fourth-order valence-electron chi connectivity index (χ4n) is 4.71. The van der Waals surface area contributed by atoms with E-state index in [-0.39, 0.29) is 42.6 Å². The van der Waals surface area contributed by atoms with Crippen LogP contribution in [0.3, 0.4) is 0 Å². The van der Waals surface area contributed by atoms with Crippen LogP contribution in [0.4, 0.5) is 4.79 Å². The van der Waals surface area contributed by atoms with Gasteiger partial charge in [-0.1, -0.05) is 61.1 Å². The van der Waals surface area contributed by atoms with E-state index in [4.69, 9.17) is 4.74 Å². The van der Waals surface area contributed by atoms with Crippen LogP contribution < -0.4 is 4.87 Å². The molecule has 0 aliphatic rings. The third-order valence-electron chi connectivity index (χ3n) is 7.21. The number of carbonyl (C=O) groups is 2. The maximum atomic E-state index is 13.2. The van der Waals surface area contributed by atoms with E-state index in [0.29, 0.717) is 42.9 Å². The molecule has 0 fully saturated rings. The second kappa shape index (κ2) is 16.1. The van der Waals surface area contributed by atoms with Crippen molar-refractivity contribution in [2.75, 3.05) is 59.0 Å². The number of phenols is 1. The van der Waals surface area contributed by atoms with Crippen LogP contribution in [0.1, 0.15) is 37.0 Å². The monoisotopic (exact) mass is 586 g/mol. The Morgan fingerprint density at radius 3 is 2.39 bits per heavy atom. The van der Waals surface area contributed by atoms with Gasteiger partial charge in [0.1, 0.15) is 11.3 Å². The van der Waals surface area contributed by atoms with Crippen LogP contribution >= 0.6 is 11.3 Å². The highest BCUT2D eigenvalue weighted by atomic mass is 32.1. The average Bonchev–Trinajstić information content (AvgIpc) is 3.35. The SMILES string of the molecule is CCN(CC)CCN(CCN(CCc1ccc(O)c2[nH]c(=O)sc12)C(=O)O)C(=O)CCOCCc1cccc(C)c1. The number of amides is 2. The Morgan fingerprint density at radius 2 is 1.68 bits per heavy atom. The Labute approximate surface area is 245 Å². The molecule has 2 amide bonds. The number of hydrogen-bond acceptors (Lipinski definition) is 7. The highest BCUT2D eigenvalue weighted by molar-refractivity contribution is 7.16. The molecule has 3 aromatic rings. The number of aryl methyl sites for hydroxylation is 1. The molecule has 0 saturated carbocycles. The number of aromatic amines is 1. The number of likely N-dealkylation sites (N-methyl/N-ethyl adjacent to an activating group) is 1. The van der Waals surface area contributed by atoms with Crippen molar-refractivity contribution in [3.63, 3.8) is 0 Å².